The highest BCUT2D eigenvalue weighted by Crippen LogP contribution is 2.05. The molecule has 0 fully saturated rings. The first-order valence-electron chi connectivity index (χ1n) is 6.97. The van der Waals surface area contributed by atoms with Crippen LogP contribution in [0.25, 0.3) is 0 Å². The van der Waals surface area contributed by atoms with Crippen LogP contribution in [0.15, 0.2) is 24.3 Å². The fourth-order valence-electron chi connectivity index (χ4n) is 1.91. The number of nitrogens with two attached hydrogens (primary N) is 1. The van der Waals surface area contributed by atoms with Crippen molar-refractivity contribution in [1.82, 2.24) is 10.2 Å². The van der Waals surface area contributed by atoms with Gasteiger partial charge in [0.25, 0.3) is 0 Å². The van der Waals surface area contributed by atoms with Crippen molar-refractivity contribution >= 4 is 5.91 Å². The Bertz CT molecular complexity index is 421. The number of nitrogens with zero attached hydrogens (tertiary/aromatic N) is 1. The van der Waals surface area contributed by atoms with Crippen LogP contribution in [0.4, 0.5) is 4.39 Å². The Hall–Kier alpha value is -1.50. The third kappa shape index (κ3) is 7.17. The first kappa shape index (κ1) is 17.6. The summed E-state index contributed by atoms with van der Waals surface area (Å²) in [5, 5.41) is 2.83. The van der Waals surface area contributed by atoms with Crippen LogP contribution in [0, 0.1) is 5.82 Å². The maximum Gasteiger partial charge on any atom is 0.222 e. The van der Waals surface area contributed by atoms with E-state index in [4.69, 9.17) is 10.5 Å². The van der Waals surface area contributed by atoms with Crippen LogP contribution in [-0.2, 0) is 16.1 Å². The number of halogens is 1. The maximum atomic E-state index is 12.8. The molecule has 3 N–H and O–H groups in total. The molecule has 6 heteroatoms. The summed E-state index contributed by atoms with van der Waals surface area (Å²) < 4.78 is 17.9. The van der Waals surface area contributed by atoms with Gasteiger partial charge in [-0.1, -0.05) is 12.1 Å². The number of benzene rings is 1. The smallest absolute Gasteiger partial charge is 0.222 e. The summed E-state index contributed by atoms with van der Waals surface area (Å²) in [6.07, 6.45) is 0.0382. The highest BCUT2D eigenvalue weighted by molar-refractivity contribution is 5.76. The average molecular weight is 297 g/mol. The first-order chi connectivity index (χ1) is 10.0. The second kappa shape index (κ2) is 9.44. The van der Waals surface area contributed by atoms with Gasteiger partial charge in [-0.15, -0.1) is 0 Å². The Labute approximate surface area is 125 Å². The van der Waals surface area contributed by atoms with E-state index in [1.165, 1.54) is 12.1 Å². The Morgan fingerprint density at radius 1 is 1.43 bits per heavy atom. The lowest BCUT2D eigenvalue weighted by molar-refractivity contribution is -0.123. The molecule has 0 saturated carbocycles. The molecule has 0 spiro atoms. The van der Waals surface area contributed by atoms with E-state index in [2.05, 4.69) is 10.2 Å². The summed E-state index contributed by atoms with van der Waals surface area (Å²) in [5.74, 6) is -0.302. The van der Waals surface area contributed by atoms with Crippen LogP contribution in [0.2, 0.25) is 0 Å². The van der Waals surface area contributed by atoms with Gasteiger partial charge in [0, 0.05) is 33.3 Å². The molecule has 1 aromatic rings. The topological polar surface area (TPSA) is 67.6 Å². The number of carbonyl (C=O) groups is 1. The molecular weight excluding hydrogens is 273 g/mol. The van der Waals surface area contributed by atoms with E-state index in [1.54, 1.807) is 19.2 Å². The number of methoxy groups -OCH3 is 1. The summed E-state index contributed by atoms with van der Waals surface area (Å²) >= 11 is 0. The average Bonchev–Trinajstić information content (AvgIpc) is 2.47. The van der Waals surface area contributed by atoms with E-state index in [9.17, 15) is 9.18 Å². The van der Waals surface area contributed by atoms with E-state index in [-0.39, 0.29) is 24.2 Å². The zero-order valence-electron chi connectivity index (χ0n) is 12.6. The van der Waals surface area contributed by atoms with E-state index in [0.29, 0.717) is 26.2 Å². The van der Waals surface area contributed by atoms with Gasteiger partial charge in [0.05, 0.1) is 12.5 Å². The second-order valence-electron chi connectivity index (χ2n) is 5.01. The number of hydrogen-bond acceptors (Lipinski definition) is 4. The number of hydrogen-bond donors (Lipinski definition) is 2. The molecule has 1 amide bonds. The summed E-state index contributed by atoms with van der Waals surface area (Å²) in [5.41, 5.74) is 6.50. The van der Waals surface area contributed by atoms with E-state index < -0.39 is 0 Å². The molecule has 0 heterocycles. The molecule has 1 aromatic carbocycles. The van der Waals surface area contributed by atoms with Gasteiger partial charge in [-0.25, -0.2) is 4.39 Å². The van der Waals surface area contributed by atoms with Crippen molar-refractivity contribution in [2.45, 2.75) is 19.1 Å². The molecule has 0 aliphatic rings. The summed E-state index contributed by atoms with van der Waals surface area (Å²) in [6.45, 7) is 2.30. The van der Waals surface area contributed by atoms with Gasteiger partial charge >= 0.3 is 0 Å². The van der Waals surface area contributed by atoms with Gasteiger partial charge in [-0.3, -0.25) is 4.79 Å². The number of likely N-dealkylation sites (N-methyl/N-ethyl adjacent to an activating group) is 1. The van der Waals surface area contributed by atoms with Gasteiger partial charge in [0.2, 0.25) is 5.91 Å². The lowest BCUT2D eigenvalue weighted by Crippen LogP contribution is -2.36. The molecule has 1 rings (SSSR count). The van der Waals surface area contributed by atoms with Crippen LogP contribution >= 0.6 is 0 Å². The van der Waals surface area contributed by atoms with Crippen molar-refractivity contribution in [3.8, 4) is 0 Å². The summed E-state index contributed by atoms with van der Waals surface area (Å²) in [4.78, 5) is 13.7. The monoisotopic (exact) mass is 297 g/mol. The molecule has 21 heavy (non-hydrogen) atoms. The molecule has 1 atom stereocenters. The number of carbonyl (C=O) groups excluding carboxylic acids is 1. The van der Waals surface area contributed by atoms with Gasteiger partial charge in [0.1, 0.15) is 5.82 Å². The van der Waals surface area contributed by atoms with Gasteiger partial charge in [0.15, 0.2) is 0 Å². The Balaban J connectivity index is 2.22. The van der Waals surface area contributed by atoms with Crippen molar-refractivity contribution in [1.29, 1.82) is 0 Å². The minimum atomic E-state index is -0.235. The van der Waals surface area contributed by atoms with Crippen molar-refractivity contribution in [2.24, 2.45) is 5.73 Å². The van der Waals surface area contributed by atoms with Crippen LogP contribution < -0.4 is 11.1 Å². The Morgan fingerprint density at radius 3 is 2.67 bits per heavy atom. The lowest BCUT2D eigenvalue weighted by atomic mass is 10.2. The molecule has 5 nitrogen and oxygen atoms in total. The highest BCUT2D eigenvalue weighted by Gasteiger charge is 2.11. The van der Waals surface area contributed by atoms with Crippen LogP contribution in [0.5, 0.6) is 0 Å². The lowest BCUT2D eigenvalue weighted by Gasteiger charge is -2.18. The van der Waals surface area contributed by atoms with E-state index in [0.717, 1.165) is 5.56 Å². The van der Waals surface area contributed by atoms with E-state index in [1.807, 2.05) is 7.05 Å². The van der Waals surface area contributed by atoms with Crippen molar-refractivity contribution < 1.29 is 13.9 Å². The summed E-state index contributed by atoms with van der Waals surface area (Å²) in [7, 11) is 3.49. The Morgan fingerprint density at radius 2 is 2.10 bits per heavy atom. The third-order valence-corrected chi connectivity index (χ3v) is 3.19. The third-order valence-electron chi connectivity index (χ3n) is 3.19. The van der Waals surface area contributed by atoms with Gasteiger partial charge < -0.3 is 20.7 Å². The molecule has 0 aliphatic heterocycles. The van der Waals surface area contributed by atoms with E-state index >= 15 is 0 Å². The molecule has 0 aromatic heterocycles. The number of ether oxygens (including phenoxy) is 1. The van der Waals surface area contributed by atoms with Crippen molar-refractivity contribution in [3.05, 3.63) is 35.6 Å². The number of nitrogens with one attached hydrogen (secondary N) is 1. The minimum absolute atomic E-state index is 0.0671. The second-order valence-corrected chi connectivity index (χ2v) is 5.01. The van der Waals surface area contributed by atoms with Crippen LogP contribution in [0.1, 0.15) is 12.0 Å². The standard InChI is InChI=1S/C15H24FN3O2/c1-19(11-12-3-5-13(16)6-4-12)8-7-18-15(20)9-14(10-17)21-2/h3-6,14H,7-11,17H2,1-2H3,(H,18,20). The van der Waals surface area contributed by atoms with Gasteiger partial charge in [-0.2, -0.15) is 0 Å². The molecule has 1 unspecified atom stereocenters. The minimum Gasteiger partial charge on any atom is -0.380 e. The molecule has 0 radical (unpaired) electrons. The predicted molar refractivity (Wildman–Crippen MR) is 80.2 cm³/mol. The normalized spacial score (nSPS) is 12.4. The maximum absolute atomic E-state index is 12.8. The number of amides is 1. The fourth-order valence-corrected chi connectivity index (χ4v) is 1.91. The predicted octanol–water partition coefficient (Wildman–Crippen LogP) is 0.738. The first-order valence-corrected chi connectivity index (χ1v) is 6.97. The quantitative estimate of drug-likeness (QED) is 0.705. The molecule has 118 valence electrons. The molecule has 0 aliphatic carbocycles. The zero-order valence-corrected chi connectivity index (χ0v) is 12.6. The van der Waals surface area contributed by atoms with Crippen molar-refractivity contribution in [3.63, 3.8) is 0 Å². The molecule has 0 saturated heterocycles. The largest absolute Gasteiger partial charge is 0.380 e. The zero-order chi connectivity index (χ0) is 15.7. The van der Waals surface area contributed by atoms with Crippen LogP contribution in [-0.4, -0.2) is 50.7 Å². The molecular formula is C15H24FN3O2. The highest BCUT2D eigenvalue weighted by atomic mass is 19.1. The fraction of sp³-hybridized carbons (Fsp3) is 0.533. The van der Waals surface area contributed by atoms with Gasteiger partial charge in [-0.05, 0) is 24.7 Å². The molecule has 0 bridgehead atoms. The number of rotatable bonds is 9. The van der Waals surface area contributed by atoms with Crippen LogP contribution in [0.3, 0.4) is 0 Å². The van der Waals surface area contributed by atoms with Crippen molar-refractivity contribution in [2.75, 3.05) is 33.8 Å². The Kier molecular flexibility index (Phi) is 7.89. The summed E-state index contributed by atoms with van der Waals surface area (Å²) in [6, 6.07) is 6.41. The SMILES string of the molecule is COC(CN)CC(=O)NCCN(C)Cc1ccc(F)cc1.